The summed E-state index contributed by atoms with van der Waals surface area (Å²) in [6, 6.07) is 3.45. The van der Waals surface area contributed by atoms with Crippen LogP contribution >= 0.6 is 0 Å². The second kappa shape index (κ2) is 4.11. The van der Waals surface area contributed by atoms with E-state index in [0.29, 0.717) is 5.56 Å². The SMILES string of the molecule is COc1ccc(C(=O)NN)c(C)c1C. The van der Waals surface area contributed by atoms with Gasteiger partial charge in [-0.2, -0.15) is 0 Å². The molecule has 0 heterocycles. The van der Waals surface area contributed by atoms with Gasteiger partial charge in [-0.05, 0) is 37.1 Å². The van der Waals surface area contributed by atoms with Gasteiger partial charge >= 0.3 is 0 Å². The third-order valence-electron chi connectivity index (χ3n) is 2.33. The Bertz CT molecular complexity index is 361. The first-order valence-electron chi connectivity index (χ1n) is 4.27. The van der Waals surface area contributed by atoms with Gasteiger partial charge in [0.15, 0.2) is 0 Å². The molecule has 0 aromatic heterocycles. The van der Waals surface area contributed by atoms with Crippen LogP contribution in [-0.2, 0) is 0 Å². The molecule has 0 unspecified atom stereocenters. The Labute approximate surface area is 83.0 Å². The highest BCUT2D eigenvalue weighted by Gasteiger charge is 2.11. The molecule has 0 bridgehead atoms. The maximum absolute atomic E-state index is 11.3. The molecule has 0 fully saturated rings. The predicted octanol–water partition coefficient (Wildman–Crippen LogP) is 0.916. The maximum atomic E-state index is 11.3. The smallest absolute Gasteiger partial charge is 0.265 e. The van der Waals surface area contributed by atoms with Crippen LogP contribution in [0.2, 0.25) is 0 Å². The van der Waals surface area contributed by atoms with Crippen LogP contribution in [-0.4, -0.2) is 13.0 Å². The van der Waals surface area contributed by atoms with Crippen LogP contribution < -0.4 is 16.0 Å². The number of hydrazine groups is 1. The highest BCUT2D eigenvalue weighted by molar-refractivity contribution is 5.95. The molecule has 76 valence electrons. The molecule has 0 aliphatic heterocycles. The molecule has 0 saturated carbocycles. The summed E-state index contributed by atoms with van der Waals surface area (Å²) in [6.07, 6.45) is 0. The number of nitrogen functional groups attached to an aromatic ring is 1. The zero-order chi connectivity index (χ0) is 10.7. The summed E-state index contributed by atoms with van der Waals surface area (Å²) in [7, 11) is 1.60. The van der Waals surface area contributed by atoms with E-state index in [1.165, 1.54) is 0 Å². The number of hydrogen-bond acceptors (Lipinski definition) is 3. The number of nitrogens with two attached hydrogens (primary N) is 1. The molecular weight excluding hydrogens is 180 g/mol. The summed E-state index contributed by atoms with van der Waals surface area (Å²) in [5.74, 6) is 5.55. The minimum absolute atomic E-state index is 0.284. The van der Waals surface area contributed by atoms with Gasteiger partial charge in [0.2, 0.25) is 0 Å². The summed E-state index contributed by atoms with van der Waals surface area (Å²) in [4.78, 5) is 11.3. The topological polar surface area (TPSA) is 64.3 Å². The van der Waals surface area contributed by atoms with Crippen molar-refractivity contribution in [2.45, 2.75) is 13.8 Å². The van der Waals surface area contributed by atoms with Crippen molar-refractivity contribution in [3.63, 3.8) is 0 Å². The number of rotatable bonds is 2. The lowest BCUT2D eigenvalue weighted by molar-refractivity contribution is 0.0953. The van der Waals surface area contributed by atoms with E-state index in [1.54, 1.807) is 19.2 Å². The van der Waals surface area contributed by atoms with E-state index in [-0.39, 0.29) is 5.91 Å². The molecule has 1 aromatic rings. The van der Waals surface area contributed by atoms with Gasteiger partial charge in [-0.15, -0.1) is 0 Å². The van der Waals surface area contributed by atoms with Gasteiger partial charge in [0.05, 0.1) is 7.11 Å². The zero-order valence-electron chi connectivity index (χ0n) is 8.55. The lowest BCUT2D eigenvalue weighted by Crippen LogP contribution is -2.30. The molecule has 0 spiro atoms. The molecule has 4 heteroatoms. The Kier molecular flexibility index (Phi) is 3.09. The van der Waals surface area contributed by atoms with Gasteiger partial charge in [-0.25, -0.2) is 5.84 Å². The van der Waals surface area contributed by atoms with Crippen molar-refractivity contribution >= 4 is 5.91 Å². The molecular formula is C10H14N2O2. The Balaban J connectivity index is 3.24. The Morgan fingerprint density at radius 1 is 1.36 bits per heavy atom. The number of methoxy groups -OCH3 is 1. The first-order valence-corrected chi connectivity index (χ1v) is 4.27. The zero-order valence-corrected chi connectivity index (χ0v) is 8.55. The van der Waals surface area contributed by atoms with Crippen molar-refractivity contribution in [1.29, 1.82) is 0 Å². The minimum Gasteiger partial charge on any atom is -0.496 e. The average molecular weight is 194 g/mol. The van der Waals surface area contributed by atoms with Crippen LogP contribution in [0.3, 0.4) is 0 Å². The van der Waals surface area contributed by atoms with E-state index in [4.69, 9.17) is 10.6 Å². The molecule has 1 aromatic carbocycles. The van der Waals surface area contributed by atoms with Crippen molar-refractivity contribution in [2.75, 3.05) is 7.11 Å². The number of ether oxygens (including phenoxy) is 1. The van der Waals surface area contributed by atoms with Crippen LogP contribution in [0.5, 0.6) is 5.75 Å². The van der Waals surface area contributed by atoms with E-state index < -0.39 is 0 Å². The van der Waals surface area contributed by atoms with E-state index in [9.17, 15) is 4.79 Å². The van der Waals surface area contributed by atoms with Crippen molar-refractivity contribution < 1.29 is 9.53 Å². The molecule has 0 atom stereocenters. The molecule has 0 aliphatic rings. The Morgan fingerprint density at radius 2 is 2.00 bits per heavy atom. The fraction of sp³-hybridized carbons (Fsp3) is 0.300. The summed E-state index contributed by atoms with van der Waals surface area (Å²) in [5, 5.41) is 0. The van der Waals surface area contributed by atoms with Gasteiger partial charge in [-0.3, -0.25) is 10.2 Å². The Morgan fingerprint density at radius 3 is 2.50 bits per heavy atom. The Hall–Kier alpha value is -1.55. The molecule has 1 amide bonds. The van der Waals surface area contributed by atoms with E-state index in [2.05, 4.69) is 5.43 Å². The second-order valence-electron chi connectivity index (χ2n) is 3.04. The standard InChI is InChI=1S/C10H14N2O2/c1-6-7(2)9(14-3)5-4-8(6)10(13)12-11/h4-5H,11H2,1-3H3,(H,12,13). The number of benzene rings is 1. The van der Waals surface area contributed by atoms with Crippen molar-refractivity contribution in [2.24, 2.45) is 5.84 Å². The van der Waals surface area contributed by atoms with Crippen LogP contribution in [0.4, 0.5) is 0 Å². The molecule has 0 saturated heterocycles. The largest absolute Gasteiger partial charge is 0.496 e. The molecule has 0 radical (unpaired) electrons. The summed E-state index contributed by atoms with van der Waals surface area (Å²) >= 11 is 0. The number of hydrogen-bond donors (Lipinski definition) is 2. The van der Waals surface area contributed by atoms with Gasteiger partial charge in [0, 0.05) is 5.56 Å². The summed E-state index contributed by atoms with van der Waals surface area (Å²) in [5.41, 5.74) is 4.52. The van der Waals surface area contributed by atoms with Crippen LogP contribution in [0.25, 0.3) is 0 Å². The highest BCUT2D eigenvalue weighted by atomic mass is 16.5. The number of carbonyl (C=O) groups excluding carboxylic acids is 1. The predicted molar refractivity (Wildman–Crippen MR) is 54.1 cm³/mol. The average Bonchev–Trinajstić information content (AvgIpc) is 2.21. The maximum Gasteiger partial charge on any atom is 0.265 e. The normalized spacial score (nSPS) is 9.71. The van der Waals surface area contributed by atoms with E-state index in [0.717, 1.165) is 16.9 Å². The summed E-state index contributed by atoms with van der Waals surface area (Å²) < 4.78 is 5.13. The summed E-state index contributed by atoms with van der Waals surface area (Å²) in [6.45, 7) is 3.77. The third kappa shape index (κ3) is 1.70. The fourth-order valence-corrected chi connectivity index (χ4v) is 1.34. The second-order valence-corrected chi connectivity index (χ2v) is 3.04. The van der Waals surface area contributed by atoms with Gasteiger partial charge in [-0.1, -0.05) is 0 Å². The van der Waals surface area contributed by atoms with Crippen molar-refractivity contribution in [3.8, 4) is 5.75 Å². The van der Waals surface area contributed by atoms with Crippen molar-refractivity contribution in [3.05, 3.63) is 28.8 Å². The quantitative estimate of drug-likeness (QED) is 0.418. The number of amides is 1. The first-order chi connectivity index (χ1) is 6.61. The molecule has 1 rings (SSSR count). The molecule has 4 nitrogen and oxygen atoms in total. The lowest BCUT2D eigenvalue weighted by atomic mass is 10.0. The molecule has 0 aliphatic carbocycles. The van der Waals surface area contributed by atoms with E-state index >= 15 is 0 Å². The van der Waals surface area contributed by atoms with Crippen LogP contribution in [0.15, 0.2) is 12.1 Å². The van der Waals surface area contributed by atoms with E-state index in [1.807, 2.05) is 13.8 Å². The van der Waals surface area contributed by atoms with Crippen molar-refractivity contribution in [1.82, 2.24) is 5.43 Å². The fourth-order valence-electron chi connectivity index (χ4n) is 1.34. The molecule has 3 N–H and O–H groups in total. The number of nitrogens with one attached hydrogen (secondary N) is 1. The van der Waals surface area contributed by atoms with Gasteiger partial charge in [0.25, 0.3) is 5.91 Å². The first kappa shape index (κ1) is 10.5. The third-order valence-corrected chi connectivity index (χ3v) is 2.33. The van der Waals surface area contributed by atoms with Crippen LogP contribution in [0, 0.1) is 13.8 Å². The lowest BCUT2D eigenvalue weighted by Gasteiger charge is -2.11. The monoisotopic (exact) mass is 194 g/mol. The van der Waals surface area contributed by atoms with Crippen LogP contribution in [0.1, 0.15) is 21.5 Å². The number of carbonyl (C=O) groups is 1. The van der Waals surface area contributed by atoms with Gasteiger partial charge in [0.1, 0.15) is 5.75 Å². The highest BCUT2D eigenvalue weighted by Crippen LogP contribution is 2.23. The molecule has 14 heavy (non-hydrogen) atoms. The minimum atomic E-state index is -0.284. The van der Waals surface area contributed by atoms with Gasteiger partial charge < -0.3 is 4.74 Å².